The van der Waals surface area contributed by atoms with Gasteiger partial charge in [0.15, 0.2) is 5.75 Å². The minimum absolute atomic E-state index is 0. The van der Waals surface area contributed by atoms with Crippen LogP contribution < -0.4 is 4.74 Å². The molecule has 0 saturated heterocycles. The van der Waals surface area contributed by atoms with Crippen molar-refractivity contribution in [2.24, 2.45) is 0 Å². The normalized spacial score (nSPS) is 10.3. The molecule has 0 radical (unpaired) electrons. The maximum absolute atomic E-state index is 10.8. The molecule has 1 aromatic rings. The second kappa shape index (κ2) is 5.62. The van der Waals surface area contributed by atoms with Crippen LogP contribution in [0.15, 0.2) is 29.2 Å². The fourth-order valence-electron chi connectivity index (χ4n) is 0.902. The molecule has 0 amide bonds. The average molecular weight is 240 g/mol. The van der Waals surface area contributed by atoms with Crippen LogP contribution in [-0.2, 0) is 14.9 Å². The Hall–Kier alpha value is -0.400. The molecule has 0 aliphatic rings. The Kier molecular flexibility index (Phi) is 5.47. The van der Waals surface area contributed by atoms with Crippen LogP contribution in [0.4, 0.5) is 0 Å². The van der Waals surface area contributed by atoms with Crippen molar-refractivity contribution < 1.29 is 22.5 Å². The molecule has 0 aromatic heterocycles. The number of hydrogen-bond donors (Lipinski definition) is 1. The standard InChI is InChI=1S/C8H8O5S.Na.H/c1-6(9)13-7-4-2-3-5-8(7)14(10,11)12;;/h2-5H,1H3,(H,10,11,12);;. The Labute approximate surface area is 109 Å². The van der Waals surface area contributed by atoms with Gasteiger partial charge in [0, 0.05) is 6.92 Å². The molecule has 78 valence electrons. The molecule has 0 atom stereocenters. The zero-order chi connectivity index (χ0) is 10.8. The Morgan fingerprint density at radius 3 is 2.33 bits per heavy atom. The molecule has 0 bridgehead atoms. The summed E-state index contributed by atoms with van der Waals surface area (Å²) in [6.07, 6.45) is 0. The van der Waals surface area contributed by atoms with E-state index in [0.717, 1.165) is 13.0 Å². The predicted octanol–water partition coefficient (Wildman–Crippen LogP) is 0.210. The van der Waals surface area contributed by atoms with E-state index in [4.69, 9.17) is 4.55 Å². The van der Waals surface area contributed by atoms with Gasteiger partial charge in [0.1, 0.15) is 4.90 Å². The number of para-hydroxylation sites is 1. The van der Waals surface area contributed by atoms with Gasteiger partial charge >= 0.3 is 35.5 Å². The van der Waals surface area contributed by atoms with Crippen LogP contribution in [0.5, 0.6) is 5.75 Å². The van der Waals surface area contributed by atoms with Crippen molar-refractivity contribution in [2.75, 3.05) is 0 Å². The summed E-state index contributed by atoms with van der Waals surface area (Å²) in [6.45, 7) is 1.14. The first-order valence-corrected chi connectivity index (χ1v) is 5.10. The summed E-state index contributed by atoms with van der Waals surface area (Å²) in [4.78, 5) is 10.2. The maximum atomic E-state index is 10.8. The summed E-state index contributed by atoms with van der Waals surface area (Å²) in [5.41, 5.74) is 0. The molecule has 5 nitrogen and oxygen atoms in total. The number of esters is 1. The summed E-state index contributed by atoms with van der Waals surface area (Å²) in [5.74, 6) is -0.830. The Bertz CT molecular complexity index is 454. The van der Waals surface area contributed by atoms with Crippen LogP contribution in [0.2, 0.25) is 0 Å². The van der Waals surface area contributed by atoms with E-state index in [1.165, 1.54) is 18.2 Å². The van der Waals surface area contributed by atoms with Gasteiger partial charge in [0.2, 0.25) is 0 Å². The van der Waals surface area contributed by atoms with E-state index in [0.29, 0.717) is 0 Å². The second-order valence-electron chi connectivity index (χ2n) is 2.52. The topological polar surface area (TPSA) is 80.7 Å². The summed E-state index contributed by atoms with van der Waals surface area (Å²) in [5, 5.41) is 0. The van der Waals surface area contributed by atoms with Crippen molar-refractivity contribution in [1.29, 1.82) is 0 Å². The van der Waals surface area contributed by atoms with Crippen molar-refractivity contribution in [3.05, 3.63) is 24.3 Å². The van der Waals surface area contributed by atoms with Gasteiger partial charge in [0.05, 0.1) is 0 Å². The molecule has 0 saturated carbocycles. The first-order chi connectivity index (χ1) is 6.41. The van der Waals surface area contributed by atoms with Crippen molar-refractivity contribution in [1.82, 2.24) is 0 Å². The SMILES string of the molecule is CC(=O)Oc1ccccc1S(=O)(=O)O.[NaH]. The molecule has 0 heterocycles. The fraction of sp³-hybridized carbons (Fsp3) is 0.125. The number of benzene rings is 1. The van der Waals surface area contributed by atoms with Crippen LogP contribution in [-0.4, -0.2) is 48.5 Å². The van der Waals surface area contributed by atoms with E-state index >= 15 is 0 Å². The molecule has 0 aliphatic heterocycles. The Balaban J connectivity index is 0.00000196. The number of ether oxygens (including phenoxy) is 1. The molecule has 0 unspecified atom stereocenters. The van der Waals surface area contributed by atoms with Gasteiger partial charge in [-0.15, -0.1) is 0 Å². The van der Waals surface area contributed by atoms with Gasteiger partial charge in [0.25, 0.3) is 10.1 Å². The van der Waals surface area contributed by atoms with Crippen molar-refractivity contribution in [3.63, 3.8) is 0 Å². The monoisotopic (exact) mass is 240 g/mol. The van der Waals surface area contributed by atoms with Gasteiger partial charge in [-0.2, -0.15) is 8.42 Å². The summed E-state index contributed by atoms with van der Waals surface area (Å²) >= 11 is 0. The molecule has 15 heavy (non-hydrogen) atoms. The van der Waals surface area contributed by atoms with E-state index in [2.05, 4.69) is 4.74 Å². The van der Waals surface area contributed by atoms with Crippen molar-refractivity contribution >= 4 is 45.6 Å². The minimum atomic E-state index is -4.36. The third-order valence-corrected chi connectivity index (χ3v) is 2.27. The third kappa shape index (κ3) is 4.31. The van der Waals surface area contributed by atoms with E-state index in [-0.39, 0.29) is 35.3 Å². The molecular weight excluding hydrogens is 231 g/mol. The molecule has 1 N–H and O–H groups in total. The van der Waals surface area contributed by atoms with Crippen molar-refractivity contribution in [2.45, 2.75) is 11.8 Å². The first-order valence-electron chi connectivity index (χ1n) is 3.66. The van der Waals surface area contributed by atoms with Crippen LogP contribution in [0, 0.1) is 0 Å². The molecular formula is C8H9NaO5S. The average Bonchev–Trinajstić information content (AvgIpc) is 2.01. The molecule has 0 spiro atoms. The Morgan fingerprint density at radius 1 is 1.33 bits per heavy atom. The van der Waals surface area contributed by atoms with E-state index < -0.39 is 21.0 Å². The molecule has 0 aliphatic carbocycles. The molecule has 7 heteroatoms. The fourth-order valence-corrected chi connectivity index (χ4v) is 1.52. The molecule has 0 fully saturated rings. The Morgan fingerprint density at radius 2 is 1.87 bits per heavy atom. The zero-order valence-corrected chi connectivity index (χ0v) is 8.11. The number of carbonyl (C=O) groups excluding carboxylic acids is 1. The van der Waals surface area contributed by atoms with Crippen LogP contribution in [0.3, 0.4) is 0 Å². The zero-order valence-electron chi connectivity index (χ0n) is 7.30. The van der Waals surface area contributed by atoms with Gasteiger partial charge < -0.3 is 4.74 Å². The number of rotatable bonds is 2. The third-order valence-electron chi connectivity index (χ3n) is 1.38. The first kappa shape index (κ1) is 14.6. The van der Waals surface area contributed by atoms with E-state index in [9.17, 15) is 13.2 Å². The molecule has 1 rings (SSSR count). The summed E-state index contributed by atoms with van der Waals surface area (Å²) < 4.78 is 35.0. The van der Waals surface area contributed by atoms with Gasteiger partial charge in [-0.05, 0) is 12.1 Å². The second-order valence-corrected chi connectivity index (χ2v) is 3.91. The van der Waals surface area contributed by atoms with Gasteiger partial charge in [-0.25, -0.2) is 0 Å². The molecule has 1 aromatic carbocycles. The van der Waals surface area contributed by atoms with Crippen LogP contribution in [0.25, 0.3) is 0 Å². The van der Waals surface area contributed by atoms with E-state index in [1.54, 1.807) is 0 Å². The summed E-state index contributed by atoms with van der Waals surface area (Å²) in [6, 6.07) is 5.33. The predicted molar refractivity (Wildman–Crippen MR) is 54.7 cm³/mol. The summed E-state index contributed by atoms with van der Waals surface area (Å²) in [7, 11) is -4.36. The van der Waals surface area contributed by atoms with Crippen LogP contribution in [0.1, 0.15) is 6.92 Å². The number of hydrogen-bond acceptors (Lipinski definition) is 4. The quantitative estimate of drug-likeness (QED) is 0.346. The van der Waals surface area contributed by atoms with Crippen molar-refractivity contribution in [3.8, 4) is 5.75 Å². The van der Waals surface area contributed by atoms with Gasteiger partial charge in [-0.3, -0.25) is 9.35 Å². The van der Waals surface area contributed by atoms with Gasteiger partial charge in [-0.1, -0.05) is 12.1 Å². The number of carbonyl (C=O) groups is 1. The van der Waals surface area contributed by atoms with Crippen LogP contribution >= 0.6 is 0 Å². The van der Waals surface area contributed by atoms with E-state index in [1.807, 2.05) is 0 Å².